The van der Waals surface area contributed by atoms with E-state index in [2.05, 4.69) is 4.74 Å². The second kappa shape index (κ2) is 3.55. The average Bonchev–Trinajstić information content (AvgIpc) is 2.21. The summed E-state index contributed by atoms with van der Waals surface area (Å²) in [6.45, 7) is 0. The van der Waals surface area contributed by atoms with Crippen molar-refractivity contribution in [3.05, 3.63) is 10.1 Å². The zero-order valence-electron chi connectivity index (χ0n) is 7.11. The van der Waals surface area contributed by atoms with Gasteiger partial charge < -0.3 is 9.84 Å². The summed E-state index contributed by atoms with van der Waals surface area (Å²) in [5.74, 6) is -0.828. The molecule has 0 aromatic rings. The van der Waals surface area contributed by atoms with Crippen LogP contribution in [0.5, 0.6) is 0 Å². The van der Waals surface area contributed by atoms with E-state index < -0.39 is 26.3 Å². The van der Waals surface area contributed by atoms with Crippen molar-refractivity contribution in [3.8, 4) is 0 Å². The molecule has 0 saturated carbocycles. The Balaban J connectivity index is 2.66. The van der Waals surface area contributed by atoms with Crippen LogP contribution in [0.2, 0.25) is 0 Å². The summed E-state index contributed by atoms with van der Waals surface area (Å²) >= 11 is 34.5. The maximum atomic E-state index is 11.7. The van der Waals surface area contributed by atoms with E-state index in [1.165, 1.54) is 0 Å². The van der Waals surface area contributed by atoms with E-state index in [0.29, 0.717) is 0 Å². The van der Waals surface area contributed by atoms with Gasteiger partial charge in [0.1, 0.15) is 0 Å². The molecule has 0 bridgehead atoms. The van der Waals surface area contributed by atoms with Crippen LogP contribution in [0.15, 0.2) is 10.1 Å². The summed E-state index contributed by atoms with van der Waals surface area (Å²) < 4.78 is 4.65. The Bertz CT molecular complexity index is 420. The number of aliphatic hydroxyl groups is 1. The molecule has 9 heteroatoms. The van der Waals surface area contributed by atoms with Crippen LogP contribution in [0.4, 0.5) is 0 Å². The zero-order valence-corrected chi connectivity index (χ0v) is 11.6. The molecule has 1 saturated heterocycles. The molecule has 0 spiro atoms. The van der Waals surface area contributed by atoms with Crippen molar-refractivity contribution in [2.75, 3.05) is 0 Å². The number of halogens is 6. The molecule has 0 radical (unpaired) electrons. The first-order valence-electron chi connectivity index (χ1n) is 3.82. The van der Waals surface area contributed by atoms with Gasteiger partial charge in [0.25, 0.3) is 5.25 Å². The molecule has 1 N–H and O–H groups in total. The Kier molecular flexibility index (Phi) is 2.99. The number of carbonyl (C=O) groups excluding carboxylic acids is 1. The van der Waals surface area contributed by atoms with Crippen molar-refractivity contribution in [1.82, 2.24) is 0 Å². The molecular weight excluding hydrogens is 345 g/mol. The normalized spacial score (nSPS) is 52.4. The minimum atomic E-state index is -2.52. The second-order valence-electron chi connectivity index (χ2n) is 3.30. The molecule has 0 aromatic heterocycles. The third kappa shape index (κ3) is 1.19. The van der Waals surface area contributed by atoms with E-state index in [0.717, 1.165) is 0 Å². The topological polar surface area (TPSA) is 46.5 Å². The number of fused-ring (bicyclic) bond motifs is 1. The number of Topliss-reactive ketones (excluding diaryl/α,β-unsaturated/α-hetero) is 1. The van der Waals surface area contributed by atoms with Crippen molar-refractivity contribution < 1.29 is 14.6 Å². The highest BCUT2D eigenvalue weighted by Gasteiger charge is 2.80. The number of ether oxygens (including phenoxy) is 1. The van der Waals surface area contributed by atoms with Crippen molar-refractivity contribution >= 4 is 75.4 Å². The average molecular weight is 347 g/mol. The number of allylic oxidation sites excluding steroid dienone is 1. The molecule has 16 heavy (non-hydrogen) atoms. The number of rotatable bonds is 0. The van der Waals surface area contributed by atoms with Crippen molar-refractivity contribution in [2.45, 2.75) is 20.6 Å². The summed E-state index contributed by atoms with van der Waals surface area (Å²) in [4.78, 5) is 7.71. The van der Waals surface area contributed by atoms with Crippen LogP contribution in [0.1, 0.15) is 0 Å². The SMILES string of the molecule is O=C1[C@H](Cl)O[C@](O)(Cl)[C@]2(Cl)C(Cl)=C(Cl)[C@@]12Cl. The van der Waals surface area contributed by atoms with Crippen LogP contribution >= 0.6 is 69.6 Å². The number of carbonyl (C=O) groups is 1. The van der Waals surface area contributed by atoms with Gasteiger partial charge in [-0.3, -0.25) is 4.79 Å². The van der Waals surface area contributed by atoms with Gasteiger partial charge in [0.2, 0.25) is 5.78 Å². The molecule has 1 aliphatic heterocycles. The minimum absolute atomic E-state index is 0.219. The van der Waals surface area contributed by atoms with E-state index in [1.54, 1.807) is 0 Å². The van der Waals surface area contributed by atoms with Crippen molar-refractivity contribution in [3.63, 3.8) is 0 Å². The fourth-order valence-corrected chi connectivity index (χ4v) is 4.14. The van der Waals surface area contributed by atoms with Crippen molar-refractivity contribution in [2.24, 2.45) is 0 Å². The zero-order chi connectivity index (χ0) is 12.5. The minimum Gasteiger partial charge on any atom is -0.351 e. The van der Waals surface area contributed by atoms with Crippen LogP contribution < -0.4 is 0 Å². The highest BCUT2D eigenvalue weighted by molar-refractivity contribution is 6.64. The fraction of sp³-hybridized carbons (Fsp3) is 0.571. The predicted octanol–water partition coefficient (Wildman–Crippen LogP) is 2.69. The Morgan fingerprint density at radius 1 is 1.19 bits per heavy atom. The maximum Gasteiger partial charge on any atom is 0.275 e. The first kappa shape index (κ1) is 13.5. The number of hydrogen-bond acceptors (Lipinski definition) is 3. The van der Waals surface area contributed by atoms with E-state index in [1.807, 2.05) is 0 Å². The molecule has 1 heterocycles. The lowest BCUT2D eigenvalue weighted by Gasteiger charge is -2.57. The Morgan fingerprint density at radius 3 is 2.19 bits per heavy atom. The third-order valence-electron chi connectivity index (χ3n) is 2.50. The summed E-state index contributed by atoms with van der Waals surface area (Å²) in [7, 11) is 0. The lowest BCUT2D eigenvalue weighted by Crippen LogP contribution is -2.75. The van der Waals surface area contributed by atoms with Crippen LogP contribution in [0.3, 0.4) is 0 Å². The van der Waals surface area contributed by atoms with Crippen LogP contribution in [0.25, 0.3) is 0 Å². The van der Waals surface area contributed by atoms with E-state index in [4.69, 9.17) is 69.6 Å². The van der Waals surface area contributed by atoms with Crippen LogP contribution in [-0.4, -0.2) is 31.4 Å². The van der Waals surface area contributed by atoms with Gasteiger partial charge in [-0.15, -0.1) is 23.2 Å². The Labute approximate surface area is 120 Å². The summed E-state index contributed by atoms with van der Waals surface area (Å²) in [5, 5.41) is 6.79. The number of alkyl halides is 4. The molecule has 0 aromatic carbocycles. The molecule has 2 aliphatic rings. The third-order valence-corrected chi connectivity index (χ3v) is 5.98. The van der Waals surface area contributed by atoms with Gasteiger partial charge in [-0.2, -0.15) is 0 Å². The van der Waals surface area contributed by atoms with Crippen LogP contribution in [0, 0.1) is 0 Å². The Hall–Kier alpha value is 1.07. The molecule has 90 valence electrons. The van der Waals surface area contributed by atoms with Gasteiger partial charge in [0, 0.05) is 0 Å². The molecule has 0 unspecified atom stereocenters. The van der Waals surface area contributed by atoms with Gasteiger partial charge in [-0.1, -0.05) is 46.4 Å². The van der Waals surface area contributed by atoms with Crippen LogP contribution in [-0.2, 0) is 9.53 Å². The smallest absolute Gasteiger partial charge is 0.275 e. The number of ketones is 1. The summed E-state index contributed by atoms with van der Waals surface area (Å²) in [6, 6.07) is 0. The van der Waals surface area contributed by atoms with Gasteiger partial charge in [-0.05, 0) is 0 Å². The largest absolute Gasteiger partial charge is 0.351 e. The van der Waals surface area contributed by atoms with Crippen molar-refractivity contribution in [1.29, 1.82) is 0 Å². The Morgan fingerprint density at radius 2 is 1.69 bits per heavy atom. The second-order valence-corrected chi connectivity index (χ2v) is 6.10. The van der Waals surface area contributed by atoms with Gasteiger partial charge >= 0.3 is 0 Å². The monoisotopic (exact) mass is 344 g/mol. The first-order chi connectivity index (χ1) is 7.10. The highest BCUT2D eigenvalue weighted by Crippen LogP contribution is 2.67. The van der Waals surface area contributed by atoms with E-state index in [9.17, 15) is 9.90 Å². The maximum absolute atomic E-state index is 11.7. The highest BCUT2D eigenvalue weighted by atomic mass is 35.5. The van der Waals surface area contributed by atoms with Gasteiger partial charge in [-0.25, -0.2) is 0 Å². The molecule has 2 rings (SSSR count). The van der Waals surface area contributed by atoms with Gasteiger partial charge in [0.15, 0.2) is 15.3 Å². The molecule has 3 nitrogen and oxygen atoms in total. The molecule has 1 aliphatic carbocycles. The lowest BCUT2D eigenvalue weighted by molar-refractivity contribution is -0.200. The summed E-state index contributed by atoms with van der Waals surface area (Å²) in [6.07, 6.45) is 0. The molecule has 1 fully saturated rings. The predicted molar refractivity (Wildman–Crippen MR) is 62.4 cm³/mol. The summed E-state index contributed by atoms with van der Waals surface area (Å²) in [5.41, 5.74) is -1.56. The molecule has 4 atom stereocenters. The first-order valence-corrected chi connectivity index (χ1v) is 6.15. The fourth-order valence-electron chi connectivity index (χ4n) is 1.60. The van der Waals surface area contributed by atoms with E-state index >= 15 is 0 Å². The van der Waals surface area contributed by atoms with E-state index in [-0.39, 0.29) is 10.1 Å². The van der Waals surface area contributed by atoms with Gasteiger partial charge in [0.05, 0.1) is 10.1 Å². The number of hydrogen-bond donors (Lipinski definition) is 1. The molecular formula is C7H2Cl6O3. The quantitative estimate of drug-likeness (QED) is 0.686. The standard InChI is InChI=1S/C7H2Cl6O3/c8-1-2(9)6(12)5(1,11)3(14)4(10)16-7(6,13)15/h4,15H/t4-,5-,6+,7+/m1/s1. The molecule has 0 amide bonds. The lowest BCUT2D eigenvalue weighted by atomic mass is 9.74.